The van der Waals surface area contributed by atoms with E-state index in [0.717, 1.165) is 23.2 Å². The monoisotopic (exact) mass is 282 g/mol. The van der Waals surface area contributed by atoms with Crippen LogP contribution >= 0.6 is 0 Å². The standard InChI is InChI=1S/C15H18N6/c1-11-9-21(13-7-5-4-6-8-13)15(17-11)18-12(2)14-19-16-10-20(14)3/h4-10,12H,1-3H3,(H,17,18). The Balaban J connectivity index is 1.91. The maximum atomic E-state index is 4.56. The minimum absolute atomic E-state index is 0.0155. The van der Waals surface area contributed by atoms with Crippen molar-refractivity contribution >= 4 is 5.95 Å². The zero-order valence-electron chi connectivity index (χ0n) is 12.4. The van der Waals surface area contributed by atoms with E-state index in [1.807, 2.05) is 54.4 Å². The second kappa shape index (κ2) is 5.40. The highest BCUT2D eigenvalue weighted by Gasteiger charge is 2.15. The van der Waals surface area contributed by atoms with Gasteiger partial charge in [0.05, 0.1) is 11.7 Å². The number of imidazole rings is 1. The third kappa shape index (κ3) is 2.65. The minimum atomic E-state index is 0.0155. The van der Waals surface area contributed by atoms with Crippen molar-refractivity contribution in [1.29, 1.82) is 0 Å². The number of para-hydroxylation sites is 1. The normalized spacial score (nSPS) is 12.3. The number of nitrogens with zero attached hydrogens (tertiary/aromatic N) is 5. The van der Waals surface area contributed by atoms with Gasteiger partial charge in [-0.2, -0.15) is 0 Å². The van der Waals surface area contributed by atoms with E-state index in [-0.39, 0.29) is 6.04 Å². The van der Waals surface area contributed by atoms with Gasteiger partial charge in [-0.3, -0.25) is 4.57 Å². The molecular weight excluding hydrogens is 264 g/mol. The van der Waals surface area contributed by atoms with Gasteiger partial charge < -0.3 is 9.88 Å². The Kier molecular flexibility index (Phi) is 3.43. The van der Waals surface area contributed by atoms with Gasteiger partial charge in [-0.1, -0.05) is 18.2 Å². The second-order valence-electron chi connectivity index (χ2n) is 5.08. The quantitative estimate of drug-likeness (QED) is 0.798. The number of hydrogen-bond donors (Lipinski definition) is 1. The molecule has 1 aromatic carbocycles. The van der Waals surface area contributed by atoms with E-state index >= 15 is 0 Å². The molecule has 3 rings (SSSR count). The molecule has 0 saturated carbocycles. The molecule has 1 unspecified atom stereocenters. The summed E-state index contributed by atoms with van der Waals surface area (Å²) in [7, 11) is 1.93. The lowest BCUT2D eigenvalue weighted by atomic mass is 10.3. The van der Waals surface area contributed by atoms with Crippen LogP contribution < -0.4 is 5.32 Å². The molecule has 0 bridgehead atoms. The Hall–Kier alpha value is -2.63. The molecule has 0 radical (unpaired) electrons. The van der Waals surface area contributed by atoms with Gasteiger partial charge in [0.15, 0.2) is 5.82 Å². The van der Waals surface area contributed by atoms with Crippen molar-refractivity contribution in [3.8, 4) is 5.69 Å². The predicted molar refractivity (Wildman–Crippen MR) is 81.3 cm³/mol. The van der Waals surface area contributed by atoms with Crippen molar-refractivity contribution in [1.82, 2.24) is 24.3 Å². The average molecular weight is 282 g/mol. The summed E-state index contributed by atoms with van der Waals surface area (Å²) in [5.74, 6) is 1.67. The van der Waals surface area contributed by atoms with Gasteiger partial charge in [0, 0.05) is 18.9 Å². The fraction of sp³-hybridized carbons (Fsp3) is 0.267. The molecule has 2 aromatic heterocycles. The van der Waals surface area contributed by atoms with Crippen LogP contribution in [0.4, 0.5) is 5.95 Å². The van der Waals surface area contributed by atoms with Crippen LogP contribution in [0.1, 0.15) is 24.5 Å². The first-order chi connectivity index (χ1) is 10.1. The van der Waals surface area contributed by atoms with Crippen LogP contribution in [0.2, 0.25) is 0 Å². The van der Waals surface area contributed by atoms with Crippen molar-refractivity contribution in [2.24, 2.45) is 7.05 Å². The van der Waals surface area contributed by atoms with Crippen LogP contribution in [0.3, 0.4) is 0 Å². The van der Waals surface area contributed by atoms with Gasteiger partial charge in [-0.25, -0.2) is 4.98 Å². The molecule has 1 N–H and O–H groups in total. The van der Waals surface area contributed by atoms with Crippen LogP contribution in [-0.4, -0.2) is 24.3 Å². The van der Waals surface area contributed by atoms with E-state index in [4.69, 9.17) is 0 Å². The fourth-order valence-electron chi connectivity index (χ4n) is 2.33. The molecule has 0 saturated heterocycles. The SMILES string of the molecule is Cc1cn(-c2ccccc2)c(NC(C)c2nncn2C)n1. The maximum absolute atomic E-state index is 4.56. The Morgan fingerprint density at radius 3 is 2.62 bits per heavy atom. The molecule has 0 spiro atoms. The predicted octanol–water partition coefficient (Wildman–Crippen LogP) is 2.48. The Morgan fingerprint density at radius 1 is 1.19 bits per heavy atom. The average Bonchev–Trinajstić information content (AvgIpc) is 3.06. The highest BCUT2D eigenvalue weighted by molar-refractivity contribution is 5.43. The smallest absolute Gasteiger partial charge is 0.208 e. The molecule has 2 heterocycles. The molecule has 6 heteroatoms. The van der Waals surface area contributed by atoms with Crippen molar-refractivity contribution in [3.05, 3.63) is 54.4 Å². The molecule has 3 aromatic rings. The molecule has 0 fully saturated rings. The summed E-state index contributed by atoms with van der Waals surface area (Å²) in [6, 6.07) is 10.2. The summed E-state index contributed by atoms with van der Waals surface area (Å²) in [6.45, 7) is 4.03. The summed E-state index contributed by atoms with van der Waals surface area (Å²) in [6.07, 6.45) is 3.71. The number of aryl methyl sites for hydroxylation is 2. The number of aromatic nitrogens is 5. The number of anilines is 1. The van der Waals surface area contributed by atoms with Crippen molar-refractivity contribution in [2.45, 2.75) is 19.9 Å². The zero-order chi connectivity index (χ0) is 14.8. The molecule has 0 aliphatic rings. The van der Waals surface area contributed by atoms with E-state index in [1.54, 1.807) is 6.33 Å². The minimum Gasteiger partial charge on any atom is -0.346 e. The number of hydrogen-bond acceptors (Lipinski definition) is 4. The topological polar surface area (TPSA) is 60.6 Å². The summed E-state index contributed by atoms with van der Waals surface area (Å²) >= 11 is 0. The van der Waals surface area contributed by atoms with E-state index < -0.39 is 0 Å². The number of benzene rings is 1. The van der Waals surface area contributed by atoms with Gasteiger partial charge in [0.25, 0.3) is 0 Å². The number of rotatable bonds is 4. The molecular formula is C15H18N6. The van der Waals surface area contributed by atoms with Crippen LogP contribution in [-0.2, 0) is 7.05 Å². The molecule has 0 amide bonds. The van der Waals surface area contributed by atoms with Crippen molar-refractivity contribution in [3.63, 3.8) is 0 Å². The summed E-state index contributed by atoms with van der Waals surface area (Å²) < 4.78 is 3.95. The van der Waals surface area contributed by atoms with Gasteiger partial charge >= 0.3 is 0 Å². The Bertz CT molecular complexity index is 728. The van der Waals surface area contributed by atoms with Gasteiger partial charge in [-0.15, -0.1) is 10.2 Å². The van der Waals surface area contributed by atoms with Crippen molar-refractivity contribution < 1.29 is 0 Å². The summed E-state index contributed by atoms with van der Waals surface area (Å²) in [5, 5.41) is 11.5. The first-order valence-electron chi connectivity index (χ1n) is 6.87. The lowest BCUT2D eigenvalue weighted by molar-refractivity contribution is 0.710. The van der Waals surface area contributed by atoms with E-state index in [2.05, 4.69) is 32.6 Å². The molecule has 21 heavy (non-hydrogen) atoms. The Labute approximate surface area is 123 Å². The molecule has 1 atom stereocenters. The number of nitrogens with one attached hydrogen (secondary N) is 1. The van der Waals surface area contributed by atoms with E-state index in [9.17, 15) is 0 Å². The fourth-order valence-corrected chi connectivity index (χ4v) is 2.33. The lowest BCUT2D eigenvalue weighted by Crippen LogP contribution is -2.14. The van der Waals surface area contributed by atoms with E-state index in [1.165, 1.54) is 0 Å². The molecule has 0 aliphatic heterocycles. The second-order valence-corrected chi connectivity index (χ2v) is 5.08. The maximum Gasteiger partial charge on any atom is 0.208 e. The highest BCUT2D eigenvalue weighted by atomic mass is 15.3. The third-order valence-corrected chi connectivity index (χ3v) is 3.34. The van der Waals surface area contributed by atoms with Gasteiger partial charge in [0.2, 0.25) is 5.95 Å². The molecule has 108 valence electrons. The Morgan fingerprint density at radius 2 is 1.95 bits per heavy atom. The summed E-state index contributed by atoms with van der Waals surface area (Å²) in [4.78, 5) is 4.56. The summed E-state index contributed by atoms with van der Waals surface area (Å²) in [5.41, 5.74) is 2.04. The van der Waals surface area contributed by atoms with Crippen LogP contribution in [0, 0.1) is 6.92 Å². The van der Waals surface area contributed by atoms with Crippen LogP contribution in [0.5, 0.6) is 0 Å². The molecule has 6 nitrogen and oxygen atoms in total. The first-order valence-corrected chi connectivity index (χ1v) is 6.87. The van der Waals surface area contributed by atoms with Gasteiger partial charge in [-0.05, 0) is 26.0 Å². The molecule has 0 aliphatic carbocycles. The van der Waals surface area contributed by atoms with Crippen LogP contribution in [0.25, 0.3) is 5.69 Å². The van der Waals surface area contributed by atoms with Gasteiger partial charge in [0.1, 0.15) is 6.33 Å². The van der Waals surface area contributed by atoms with E-state index in [0.29, 0.717) is 0 Å². The zero-order valence-corrected chi connectivity index (χ0v) is 12.4. The third-order valence-electron chi connectivity index (χ3n) is 3.34. The van der Waals surface area contributed by atoms with Crippen molar-refractivity contribution in [2.75, 3.05) is 5.32 Å². The largest absolute Gasteiger partial charge is 0.346 e. The van der Waals surface area contributed by atoms with Crippen LogP contribution in [0.15, 0.2) is 42.9 Å². The lowest BCUT2D eigenvalue weighted by Gasteiger charge is -2.15. The highest BCUT2D eigenvalue weighted by Crippen LogP contribution is 2.20. The first kappa shape index (κ1) is 13.4.